The number of ether oxygens (including phenoxy) is 1. The highest BCUT2D eigenvalue weighted by Crippen LogP contribution is 2.16. The fraction of sp³-hybridized carbons (Fsp3) is 0.214. The number of halogens is 2. The molecule has 100 valence electrons. The lowest BCUT2D eigenvalue weighted by atomic mass is 10.2. The molecule has 0 radical (unpaired) electrons. The molecule has 0 saturated heterocycles. The first-order valence-electron chi connectivity index (χ1n) is 5.83. The minimum absolute atomic E-state index is 0.138. The SMILES string of the molecule is COc1cccc(CNCc2ccc(F)c(Cl)c2)n1. The minimum atomic E-state index is -0.403. The molecule has 0 amide bonds. The van der Waals surface area contributed by atoms with Gasteiger partial charge in [-0.1, -0.05) is 23.7 Å². The third-order valence-electron chi connectivity index (χ3n) is 2.61. The van der Waals surface area contributed by atoms with Crippen LogP contribution in [0.15, 0.2) is 36.4 Å². The first-order valence-corrected chi connectivity index (χ1v) is 6.21. The molecule has 0 spiro atoms. The van der Waals surface area contributed by atoms with Crippen molar-refractivity contribution in [1.82, 2.24) is 10.3 Å². The Morgan fingerprint density at radius 3 is 2.84 bits per heavy atom. The second-order valence-corrected chi connectivity index (χ2v) is 4.43. The van der Waals surface area contributed by atoms with Gasteiger partial charge in [0.1, 0.15) is 5.82 Å². The van der Waals surface area contributed by atoms with E-state index in [4.69, 9.17) is 16.3 Å². The fourth-order valence-electron chi connectivity index (χ4n) is 1.65. The Morgan fingerprint density at radius 1 is 1.26 bits per heavy atom. The Balaban J connectivity index is 1.90. The monoisotopic (exact) mass is 280 g/mol. The van der Waals surface area contributed by atoms with Crippen LogP contribution in [0.3, 0.4) is 0 Å². The molecule has 2 rings (SSSR count). The third-order valence-corrected chi connectivity index (χ3v) is 2.90. The summed E-state index contributed by atoms with van der Waals surface area (Å²) in [5, 5.41) is 3.35. The van der Waals surface area contributed by atoms with Gasteiger partial charge in [0.25, 0.3) is 0 Å². The van der Waals surface area contributed by atoms with Gasteiger partial charge in [0.05, 0.1) is 17.8 Å². The molecule has 0 saturated carbocycles. The van der Waals surface area contributed by atoms with E-state index in [-0.39, 0.29) is 5.02 Å². The van der Waals surface area contributed by atoms with E-state index in [0.29, 0.717) is 19.0 Å². The first-order chi connectivity index (χ1) is 9.19. The molecule has 5 heteroatoms. The van der Waals surface area contributed by atoms with Gasteiger partial charge in [-0.3, -0.25) is 0 Å². The second kappa shape index (κ2) is 6.50. The number of aromatic nitrogens is 1. The van der Waals surface area contributed by atoms with Gasteiger partial charge in [0, 0.05) is 19.2 Å². The highest BCUT2D eigenvalue weighted by molar-refractivity contribution is 6.30. The van der Waals surface area contributed by atoms with Crippen LogP contribution in [-0.4, -0.2) is 12.1 Å². The zero-order valence-electron chi connectivity index (χ0n) is 10.5. The van der Waals surface area contributed by atoms with Gasteiger partial charge in [-0.25, -0.2) is 9.37 Å². The lowest BCUT2D eigenvalue weighted by molar-refractivity contribution is 0.395. The largest absolute Gasteiger partial charge is 0.481 e. The maximum Gasteiger partial charge on any atom is 0.213 e. The van der Waals surface area contributed by atoms with Crippen molar-refractivity contribution in [2.24, 2.45) is 0 Å². The smallest absolute Gasteiger partial charge is 0.213 e. The molecule has 2 aromatic rings. The van der Waals surface area contributed by atoms with Gasteiger partial charge in [-0.2, -0.15) is 0 Å². The Hall–Kier alpha value is -1.65. The van der Waals surface area contributed by atoms with E-state index in [1.165, 1.54) is 6.07 Å². The van der Waals surface area contributed by atoms with E-state index < -0.39 is 5.82 Å². The highest BCUT2D eigenvalue weighted by atomic mass is 35.5. The molecule has 1 heterocycles. The maximum atomic E-state index is 13.0. The molecule has 19 heavy (non-hydrogen) atoms. The molecular formula is C14H14ClFN2O. The number of nitrogens with zero attached hydrogens (tertiary/aromatic N) is 1. The van der Waals surface area contributed by atoms with Gasteiger partial charge < -0.3 is 10.1 Å². The Kier molecular flexibility index (Phi) is 4.71. The molecule has 0 aliphatic carbocycles. The van der Waals surface area contributed by atoms with Crippen molar-refractivity contribution in [2.75, 3.05) is 7.11 Å². The first kappa shape index (κ1) is 13.8. The van der Waals surface area contributed by atoms with Crippen molar-refractivity contribution in [2.45, 2.75) is 13.1 Å². The van der Waals surface area contributed by atoms with Crippen LogP contribution in [0.1, 0.15) is 11.3 Å². The molecule has 1 aromatic heterocycles. The molecule has 1 aromatic carbocycles. The van der Waals surface area contributed by atoms with Crippen molar-refractivity contribution in [3.63, 3.8) is 0 Å². The molecule has 0 atom stereocenters. The molecule has 1 N–H and O–H groups in total. The summed E-state index contributed by atoms with van der Waals surface area (Å²) in [5.41, 5.74) is 1.81. The van der Waals surface area contributed by atoms with Crippen LogP contribution in [0, 0.1) is 5.82 Å². The molecule has 0 unspecified atom stereocenters. The van der Waals surface area contributed by atoms with Crippen LogP contribution in [0.4, 0.5) is 4.39 Å². The minimum Gasteiger partial charge on any atom is -0.481 e. The summed E-state index contributed by atoms with van der Waals surface area (Å²) in [7, 11) is 1.58. The molecule has 0 fully saturated rings. The summed E-state index contributed by atoms with van der Waals surface area (Å²) in [6, 6.07) is 10.3. The second-order valence-electron chi connectivity index (χ2n) is 4.02. The third kappa shape index (κ3) is 3.91. The van der Waals surface area contributed by atoms with Crippen LogP contribution < -0.4 is 10.1 Å². The lowest BCUT2D eigenvalue weighted by Gasteiger charge is -2.06. The molecule has 0 aliphatic heterocycles. The average molecular weight is 281 g/mol. The normalized spacial score (nSPS) is 10.5. The topological polar surface area (TPSA) is 34.1 Å². The van der Waals surface area contributed by atoms with Crippen LogP contribution >= 0.6 is 11.6 Å². The van der Waals surface area contributed by atoms with Crippen LogP contribution in [0.25, 0.3) is 0 Å². The zero-order chi connectivity index (χ0) is 13.7. The summed E-state index contributed by atoms with van der Waals surface area (Å²) in [6.07, 6.45) is 0. The summed E-state index contributed by atoms with van der Waals surface area (Å²) in [6.45, 7) is 1.20. The zero-order valence-corrected chi connectivity index (χ0v) is 11.2. The van der Waals surface area contributed by atoms with E-state index >= 15 is 0 Å². The van der Waals surface area contributed by atoms with Crippen molar-refractivity contribution in [1.29, 1.82) is 0 Å². The van der Waals surface area contributed by atoms with Gasteiger partial charge in [-0.05, 0) is 23.8 Å². The van der Waals surface area contributed by atoms with Crippen molar-refractivity contribution >= 4 is 11.6 Å². The van der Waals surface area contributed by atoms with Crippen LogP contribution in [0.2, 0.25) is 5.02 Å². The quantitative estimate of drug-likeness (QED) is 0.913. The summed E-state index contributed by atoms with van der Waals surface area (Å²) < 4.78 is 18.0. The van der Waals surface area contributed by atoms with Gasteiger partial charge in [0.2, 0.25) is 5.88 Å². The predicted octanol–water partition coefficient (Wildman–Crippen LogP) is 3.17. The van der Waals surface area contributed by atoms with E-state index in [2.05, 4.69) is 10.3 Å². The van der Waals surface area contributed by atoms with E-state index in [1.807, 2.05) is 12.1 Å². The van der Waals surface area contributed by atoms with Gasteiger partial charge >= 0.3 is 0 Å². The fourth-order valence-corrected chi connectivity index (χ4v) is 1.86. The number of pyridine rings is 1. The number of rotatable bonds is 5. The van der Waals surface area contributed by atoms with Gasteiger partial charge in [0.15, 0.2) is 0 Å². The molecule has 3 nitrogen and oxygen atoms in total. The number of nitrogens with one attached hydrogen (secondary N) is 1. The van der Waals surface area contributed by atoms with E-state index in [0.717, 1.165) is 11.3 Å². The molecular weight excluding hydrogens is 267 g/mol. The summed E-state index contributed by atoms with van der Waals surface area (Å²) in [4.78, 5) is 4.28. The average Bonchev–Trinajstić information content (AvgIpc) is 2.43. The highest BCUT2D eigenvalue weighted by Gasteiger charge is 2.01. The van der Waals surface area contributed by atoms with E-state index in [1.54, 1.807) is 25.3 Å². The van der Waals surface area contributed by atoms with Crippen LogP contribution in [-0.2, 0) is 13.1 Å². The lowest BCUT2D eigenvalue weighted by Crippen LogP contribution is -2.13. The number of benzene rings is 1. The Bertz CT molecular complexity index is 563. The van der Waals surface area contributed by atoms with Crippen LogP contribution in [0.5, 0.6) is 5.88 Å². The predicted molar refractivity (Wildman–Crippen MR) is 72.7 cm³/mol. The summed E-state index contributed by atoms with van der Waals surface area (Å²) in [5.74, 6) is 0.184. The van der Waals surface area contributed by atoms with Gasteiger partial charge in [-0.15, -0.1) is 0 Å². The maximum absolute atomic E-state index is 13.0. The number of hydrogen-bond donors (Lipinski definition) is 1. The van der Waals surface area contributed by atoms with Crippen molar-refractivity contribution in [3.05, 3.63) is 58.5 Å². The molecule has 0 bridgehead atoms. The standard InChI is InChI=1S/C14H14ClFN2O/c1-19-14-4-2-3-11(18-14)9-17-8-10-5-6-13(16)12(15)7-10/h2-7,17H,8-9H2,1H3. The number of methoxy groups -OCH3 is 1. The number of hydrogen-bond acceptors (Lipinski definition) is 3. The van der Waals surface area contributed by atoms with E-state index in [9.17, 15) is 4.39 Å². The Labute approximate surface area is 116 Å². The molecule has 0 aliphatic rings. The van der Waals surface area contributed by atoms with Crippen molar-refractivity contribution < 1.29 is 9.13 Å². The Morgan fingerprint density at radius 2 is 2.11 bits per heavy atom. The summed E-state index contributed by atoms with van der Waals surface area (Å²) >= 11 is 5.72. The van der Waals surface area contributed by atoms with Crippen molar-refractivity contribution in [3.8, 4) is 5.88 Å².